The molecule has 0 N–H and O–H groups in total. The first-order valence-corrected chi connectivity index (χ1v) is 7.75. The van der Waals surface area contributed by atoms with Crippen LogP contribution < -0.4 is 0 Å². The Hall–Kier alpha value is -2.82. The standard InChI is InChI=1S/C20H16F3NO/c1-13-19(14(2)25)18(12-24(13)17-9-4-3-5-10-17)15-7-6-8-16(11-15)20(21,22)23/h3-12H,1-2H3. The number of alkyl halides is 3. The van der Waals surface area contributed by atoms with Crippen LogP contribution >= 0.6 is 0 Å². The highest BCUT2D eigenvalue weighted by molar-refractivity contribution is 6.02. The van der Waals surface area contributed by atoms with Gasteiger partial charge in [0.25, 0.3) is 0 Å². The van der Waals surface area contributed by atoms with Crippen molar-refractivity contribution in [2.45, 2.75) is 20.0 Å². The zero-order valence-corrected chi connectivity index (χ0v) is 13.8. The van der Waals surface area contributed by atoms with Crippen molar-refractivity contribution in [3.8, 4) is 16.8 Å². The quantitative estimate of drug-likeness (QED) is 0.561. The number of benzene rings is 2. The molecule has 1 heterocycles. The van der Waals surface area contributed by atoms with E-state index < -0.39 is 11.7 Å². The van der Waals surface area contributed by atoms with Crippen LogP contribution in [0.25, 0.3) is 16.8 Å². The van der Waals surface area contributed by atoms with Crippen LogP contribution in [0.2, 0.25) is 0 Å². The first kappa shape index (κ1) is 17.0. The molecule has 0 fully saturated rings. The Morgan fingerprint density at radius 2 is 1.68 bits per heavy atom. The maximum Gasteiger partial charge on any atom is 0.416 e. The third-order valence-electron chi connectivity index (χ3n) is 4.14. The molecule has 0 aliphatic carbocycles. The molecule has 0 saturated heterocycles. The minimum Gasteiger partial charge on any atom is -0.320 e. The van der Waals surface area contributed by atoms with Crippen molar-refractivity contribution in [3.05, 3.63) is 77.6 Å². The minimum absolute atomic E-state index is 0.181. The number of halogens is 3. The van der Waals surface area contributed by atoms with Crippen LogP contribution in [0.4, 0.5) is 13.2 Å². The summed E-state index contributed by atoms with van der Waals surface area (Å²) in [6.07, 6.45) is -2.71. The summed E-state index contributed by atoms with van der Waals surface area (Å²) in [5, 5.41) is 0. The zero-order chi connectivity index (χ0) is 18.2. The summed E-state index contributed by atoms with van der Waals surface area (Å²) in [5.41, 5.74) is 2.12. The summed E-state index contributed by atoms with van der Waals surface area (Å²) in [5.74, 6) is -0.181. The smallest absolute Gasteiger partial charge is 0.320 e. The highest BCUT2D eigenvalue weighted by Gasteiger charge is 2.31. The molecule has 0 amide bonds. The average molecular weight is 343 g/mol. The zero-order valence-electron chi connectivity index (χ0n) is 13.8. The van der Waals surface area contributed by atoms with Crippen molar-refractivity contribution >= 4 is 5.78 Å². The molecule has 3 aromatic rings. The van der Waals surface area contributed by atoms with E-state index in [1.54, 1.807) is 19.2 Å². The van der Waals surface area contributed by atoms with E-state index >= 15 is 0 Å². The Morgan fingerprint density at radius 3 is 2.28 bits per heavy atom. The highest BCUT2D eigenvalue weighted by atomic mass is 19.4. The van der Waals surface area contributed by atoms with Gasteiger partial charge in [-0.15, -0.1) is 0 Å². The summed E-state index contributed by atoms with van der Waals surface area (Å²) < 4.78 is 40.9. The van der Waals surface area contributed by atoms with Crippen molar-refractivity contribution in [1.82, 2.24) is 4.57 Å². The van der Waals surface area contributed by atoms with Gasteiger partial charge in [-0.2, -0.15) is 13.2 Å². The van der Waals surface area contributed by atoms with Gasteiger partial charge in [0.15, 0.2) is 5.78 Å². The fourth-order valence-electron chi connectivity index (χ4n) is 2.99. The van der Waals surface area contributed by atoms with E-state index in [4.69, 9.17) is 0 Å². The van der Waals surface area contributed by atoms with Crippen molar-refractivity contribution in [3.63, 3.8) is 0 Å². The number of hydrogen-bond donors (Lipinski definition) is 0. The predicted molar refractivity (Wildman–Crippen MR) is 90.9 cm³/mol. The van der Waals surface area contributed by atoms with Crippen LogP contribution in [-0.2, 0) is 6.18 Å². The Balaban J connectivity index is 2.22. The molecule has 0 saturated carbocycles. The van der Waals surface area contributed by atoms with Gasteiger partial charge in [-0.05, 0) is 43.7 Å². The normalized spacial score (nSPS) is 11.6. The Labute approximate surface area is 143 Å². The first-order chi connectivity index (χ1) is 11.8. The number of ketones is 1. The van der Waals surface area contributed by atoms with Crippen molar-refractivity contribution < 1.29 is 18.0 Å². The van der Waals surface area contributed by atoms with Crippen LogP contribution in [0.15, 0.2) is 60.8 Å². The number of carbonyl (C=O) groups is 1. The van der Waals surface area contributed by atoms with Crippen molar-refractivity contribution in [2.75, 3.05) is 0 Å². The summed E-state index contributed by atoms with van der Waals surface area (Å²) in [6, 6.07) is 14.4. The lowest BCUT2D eigenvalue weighted by molar-refractivity contribution is -0.137. The summed E-state index contributed by atoms with van der Waals surface area (Å²) in [6.45, 7) is 3.22. The molecular formula is C20H16F3NO. The molecule has 0 bridgehead atoms. The largest absolute Gasteiger partial charge is 0.416 e. The molecule has 0 spiro atoms. The molecule has 25 heavy (non-hydrogen) atoms. The molecule has 1 aromatic heterocycles. The Morgan fingerprint density at radius 1 is 1.00 bits per heavy atom. The summed E-state index contributed by atoms with van der Waals surface area (Å²) in [7, 11) is 0. The lowest BCUT2D eigenvalue weighted by Crippen LogP contribution is -2.04. The molecule has 0 atom stereocenters. The van der Waals surface area contributed by atoms with Crippen LogP contribution in [0.3, 0.4) is 0 Å². The molecule has 0 unspecified atom stereocenters. The molecular weight excluding hydrogens is 327 g/mol. The molecule has 0 aliphatic rings. The van der Waals surface area contributed by atoms with Gasteiger partial charge in [0.05, 0.1) is 5.56 Å². The number of carbonyl (C=O) groups excluding carboxylic acids is 1. The van der Waals surface area contributed by atoms with Gasteiger partial charge in [-0.1, -0.05) is 30.3 Å². The maximum absolute atomic E-state index is 13.0. The van der Waals surface area contributed by atoms with E-state index in [1.165, 1.54) is 13.0 Å². The highest BCUT2D eigenvalue weighted by Crippen LogP contribution is 2.35. The monoisotopic (exact) mass is 343 g/mol. The summed E-state index contributed by atoms with van der Waals surface area (Å²) >= 11 is 0. The van der Waals surface area contributed by atoms with Crippen LogP contribution in [0.1, 0.15) is 28.5 Å². The maximum atomic E-state index is 13.0. The van der Waals surface area contributed by atoms with Gasteiger partial charge in [0.1, 0.15) is 0 Å². The molecule has 0 aliphatic heterocycles. The van der Waals surface area contributed by atoms with Crippen molar-refractivity contribution in [1.29, 1.82) is 0 Å². The lowest BCUT2D eigenvalue weighted by atomic mass is 9.99. The molecule has 0 radical (unpaired) electrons. The van der Waals surface area contributed by atoms with Crippen molar-refractivity contribution in [2.24, 2.45) is 0 Å². The average Bonchev–Trinajstić information content (AvgIpc) is 2.92. The summed E-state index contributed by atoms with van der Waals surface area (Å²) in [4.78, 5) is 12.2. The second-order valence-electron chi connectivity index (χ2n) is 5.84. The van der Waals surface area contributed by atoms with E-state index in [2.05, 4.69) is 0 Å². The number of para-hydroxylation sites is 1. The third-order valence-corrected chi connectivity index (χ3v) is 4.14. The van der Waals surface area contributed by atoms with Crippen LogP contribution in [0.5, 0.6) is 0 Å². The first-order valence-electron chi connectivity index (χ1n) is 7.75. The molecule has 5 heteroatoms. The van der Waals surface area contributed by atoms with Gasteiger partial charge >= 0.3 is 6.18 Å². The number of Topliss-reactive ketones (excluding diaryl/α,β-unsaturated/α-hetero) is 1. The van der Waals surface area contributed by atoms with E-state index in [9.17, 15) is 18.0 Å². The molecule has 3 rings (SSSR count). The van der Waals surface area contributed by atoms with Gasteiger partial charge in [0.2, 0.25) is 0 Å². The minimum atomic E-state index is -4.43. The second-order valence-corrected chi connectivity index (χ2v) is 5.84. The number of nitrogens with zero attached hydrogens (tertiary/aromatic N) is 1. The van der Waals surface area contributed by atoms with E-state index in [0.29, 0.717) is 22.4 Å². The van der Waals surface area contributed by atoms with E-state index in [1.807, 2.05) is 34.9 Å². The molecule has 128 valence electrons. The molecule has 2 nitrogen and oxygen atoms in total. The second kappa shape index (κ2) is 6.24. The van der Waals surface area contributed by atoms with E-state index in [-0.39, 0.29) is 5.78 Å². The number of aromatic nitrogens is 1. The lowest BCUT2D eigenvalue weighted by Gasteiger charge is -2.09. The van der Waals surface area contributed by atoms with Gasteiger partial charge in [0, 0.05) is 28.7 Å². The number of rotatable bonds is 3. The molecule has 2 aromatic carbocycles. The number of hydrogen-bond acceptors (Lipinski definition) is 1. The Kier molecular flexibility index (Phi) is 4.25. The van der Waals surface area contributed by atoms with Crippen LogP contribution in [-0.4, -0.2) is 10.4 Å². The predicted octanol–water partition coefficient (Wildman–Crippen LogP) is 5.67. The SMILES string of the molecule is CC(=O)c1c(-c2cccc(C(F)(F)F)c2)cn(-c2ccccc2)c1C. The van der Waals surface area contributed by atoms with Crippen LogP contribution in [0, 0.1) is 6.92 Å². The fraction of sp³-hybridized carbons (Fsp3) is 0.150. The van der Waals surface area contributed by atoms with E-state index in [0.717, 1.165) is 17.8 Å². The van der Waals surface area contributed by atoms with Gasteiger partial charge < -0.3 is 4.57 Å². The topological polar surface area (TPSA) is 22.0 Å². The Bertz CT molecular complexity index is 924. The van der Waals surface area contributed by atoms with Gasteiger partial charge in [-0.3, -0.25) is 4.79 Å². The van der Waals surface area contributed by atoms with Gasteiger partial charge in [-0.25, -0.2) is 0 Å². The fourth-order valence-corrected chi connectivity index (χ4v) is 2.99. The third kappa shape index (κ3) is 3.22.